The van der Waals surface area contributed by atoms with Gasteiger partial charge in [-0.25, -0.2) is 9.78 Å². The molecular weight excluding hydrogens is 355 g/mol. The zero-order chi connectivity index (χ0) is 15.7. The molecule has 2 aromatic heterocycles. The van der Waals surface area contributed by atoms with E-state index in [0.717, 1.165) is 22.7 Å². The average molecular weight is 365 g/mol. The molecule has 112 valence electrons. The fraction of sp³-hybridized carbons (Fsp3) is 0.250. The first-order valence-corrected chi connectivity index (χ1v) is 8.14. The zero-order valence-corrected chi connectivity index (χ0v) is 14.1. The van der Waals surface area contributed by atoms with E-state index in [2.05, 4.69) is 10.3 Å². The van der Waals surface area contributed by atoms with Crippen molar-refractivity contribution in [2.75, 3.05) is 0 Å². The van der Waals surface area contributed by atoms with Gasteiger partial charge in [-0.3, -0.25) is 4.79 Å². The van der Waals surface area contributed by atoms with Crippen LogP contribution in [0.25, 0.3) is 0 Å². The average Bonchev–Trinajstić information content (AvgIpc) is 2.92. The minimum atomic E-state index is -1.03. The number of aryl methyl sites for hydroxylation is 1. The van der Waals surface area contributed by atoms with E-state index in [1.54, 1.807) is 13.8 Å². The SMILES string of the molecule is Cc1nc(C(C)NC(=O)c2cc(Cl)sc2Cl)sc1C(=O)O. The summed E-state index contributed by atoms with van der Waals surface area (Å²) in [6.07, 6.45) is 0. The van der Waals surface area contributed by atoms with Crippen LogP contribution in [0, 0.1) is 6.92 Å². The van der Waals surface area contributed by atoms with Crippen LogP contribution in [0.1, 0.15) is 43.7 Å². The summed E-state index contributed by atoms with van der Waals surface area (Å²) in [4.78, 5) is 27.4. The number of nitrogens with one attached hydrogen (secondary N) is 1. The van der Waals surface area contributed by atoms with Gasteiger partial charge >= 0.3 is 5.97 Å². The van der Waals surface area contributed by atoms with E-state index in [-0.39, 0.29) is 10.8 Å². The minimum absolute atomic E-state index is 0.169. The number of carboxylic acids is 1. The van der Waals surface area contributed by atoms with Crippen molar-refractivity contribution in [3.8, 4) is 0 Å². The Labute approximate surface area is 138 Å². The van der Waals surface area contributed by atoms with Crippen molar-refractivity contribution in [3.63, 3.8) is 0 Å². The van der Waals surface area contributed by atoms with E-state index < -0.39 is 12.0 Å². The lowest BCUT2D eigenvalue weighted by atomic mass is 10.3. The Morgan fingerprint density at radius 3 is 2.52 bits per heavy atom. The fourth-order valence-corrected chi connectivity index (χ4v) is 4.00. The van der Waals surface area contributed by atoms with Crippen LogP contribution < -0.4 is 5.32 Å². The van der Waals surface area contributed by atoms with Crippen LogP contribution in [-0.2, 0) is 0 Å². The molecule has 2 N–H and O–H groups in total. The molecule has 2 rings (SSSR count). The maximum absolute atomic E-state index is 12.1. The number of carbonyl (C=O) groups excluding carboxylic acids is 1. The van der Waals surface area contributed by atoms with Crippen molar-refractivity contribution in [2.45, 2.75) is 19.9 Å². The summed E-state index contributed by atoms with van der Waals surface area (Å²) < 4.78 is 0.738. The van der Waals surface area contributed by atoms with E-state index in [0.29, 0.717) is 24.9 Å². The summed E-state index contributed by atoms with van der Waals surface area (Å²) in [6.45, 7) is 3.34. The van der Waals surface area contributed by atoms with Crippen LogP contribution in [0.15, 0.2) is 6.07 Å². The zero-order valence-electron chi connectivity index (χ0n) is 10.9. The standard InChI is InChI=1S/C12H10Cl2N2O3S2/c1-4-8(12(18)19)21-11(16-4)5(2)15-10(17)6-3-7(13)20-9(6)14/h3,5H,1-2H3,(H,15,17)(H,18,19). The van der Waals surface area contributed by atoms with E-state index in [9.17, 15) is 9.59 Å². The number of thiophene rings is 1. The monoisotopic (exact) mass is 364 g/mol. The molecule has 2 aromatic rings. The molecule has 2 heterocycles. The molecule has 0 aliphatic carbocycles. The molecule has 0 spiro atoms. The lowest BCUT2D eigenvalue weighted by molar-refractivity contribution is 0.0701. The number of amides is 1. The molecule has 0 fully saturated rings. The lowest BCUT2D eigenvalue weighted by Gasteiger charge is -2.10. The van der Waals surface area contributed by atoms with E-state index in [4.69, 9.17) is 28.3 Å². The molecular formula is C12H10Cl2N2O3S2. The molecule has 0 aliphatic rings. The van der Waals surface area contributed by atoms with E-state index >= 15 is 0 Å². The molecule has 0 aromatic carbocycles. The number of carbonyl (C=O) groups is 2. The third kappa shape index (κ3) is 3.55. The highest BCUT2D eigenvalue weighted by molar-refractivity contribution is 7.20. The van der Waals surface area contributed by atoms with Gasteiger partial charge in [0, 0.05) is 0 Å². The van der Waals surface area contributed by atoms with Crippen molar-refractivity contribution in [3.05, 3.63) is 35.9 Å². The van der Waals surface area contributed by atoms with Crippen molar-refractivity contribution in [1.29, 1.82) is 0 Å². The first kappa shape index (κ1) is 16.2. The van der Waals surface area contributed by atoms with Crippen LogP contribution in [0.4, 0.5) is 0 Å². The molecule has 0 radical (unpaired) electrons. The Kier molecular flexibility index (Phi) is 4.88. The van der Waals surface area contributed by atoms with Crippen molar-refractivity contribution < 1.29 is 14.7 Å². The number of aromatic carboxylic acids is 1. The van der Waals surface area contributed by atoms with Gasteiger partial charge in [0.2, 0.25) is 0 Å². The molecule has 5 nitrogen and oxygen atoms in total. The maximum atomic E-state index is 12.1. The highest BCUT2D eigenvalue weighted by Gasteiger charge is 2.21. The number of hydrogen-bond donors (Lipinski definition) is 2. The molecule has 0 saturated carbocycles. The number of hydrogen-bond acceptors (Lipinski definition) is 5. The number of aromatic nitrogens is 1. The normalized spacial score (nSPS) is 12.2. The molecule has 21 heavy (non-hydrogen) atoms. The number of thiazole rings is 1. The first-order valence-electron chi connectivity index (χ1n) is 5.76. The third-order valence-electron chi connectivity index (χ3n) is 2.63. The summed E-state index contributed by atoms with van der Waals surface area (Å²) in [5.41, 5.74) is 0.727. The summed E-state index contributed by atoms with van der Waals surface area (Å²) >= 11 is 13.9. The number of nitrogens with zero attached hydrogens (tertiary/aromatic N) is 1. The minimum Gasteiger partial charge on any atom is -0.477 e. The highest BCUT2D eigenvalue weighted by Crippen LogP contribution is 2.31. The fourth-order valence-electron chi connectivity index (χ4n) is 1.63. The smallest absolute Gasteiger partial charge is 0.347 e. The Bertz CT molecular complexity index is 711. The van der Waals surface area contributed by atoms with Crippen LogP contribution in [0.5, 0.6) is 0 Å². The van der Waals surface area contributed by atoms with Crippen LogP contribution >= 0.6 is 45.9 Å². The Morgan fingerprint density at radius 1 is 1.38 bits per heavy atom. The van der Waals surface area contributed by atoms with Gasteiger partial charge in [0.1, 0.15) is 14.2 Å². The molecule has 9 heteroatoms. The molecule has 0 aliphatic heterocycles. The Hall–Kier alpha value is -1.15. The van der Waals surface area contributed by atoms with Gasteiger partial charge < -0.3 is 10.4 Å². The van der Waals surface area contributed by atoms with Gasteiger partial charge in [-0.2, -0.15) is 0 Å². The Morgan fingerprint density at radius 2 is 2.05 bits per heavy atom. The van der Waals surface area contributed by atoms with Gasteiger partial charge in [0.05, 0.1) is 21.6 Å². The van der Waals surface area contributed by atoms with Gasteiger partial charge in [0.15, 0.2) is 0 Å². The van der Waals surface area contributed by atoms with Gasteiger partial charge in [-0.1, -0.05) is 23.2 Å². The van der Waals surface area contributed by atoms with Gasteiger partial charge in [0.25, 0.3) is 5.91 Å². The van der Waals surface area contributed by atoms with Crippen molar-refractivity contribution in [2.24, 2.45) is 0 Å². The first-order chi connectivity index (χ1) is 9.79. The predicted molar refractivity (Wildman–Crippen MR) is 84.0 cm³/mol. The summed E-state index contributed by atoms with van der Waals surface area (Å²) in [5, 5.41) is 12.3. The second-order valence-electron chi connectivity index (χ2n) is 4.20. The Balaban J connectivity index is 2.16. The van der Waals surface area contributed by atoms with Crippen LogP contribution in [0.2, 0.25) is 8.67 Å². The number of carboxylic acid groups (broad SMARTS) is 1. The molecule has 0 saturated heterocycles. The van der Waals surface area contributed by atoms with Gasteiger partial charge in [-0.15, -0.1) is 22.7 Å². The molecule has 0 bridgehead atoms. The second kappa shape index (κ2) is 6.31. The summed E-state index contributed by atoms with van der Waals surface area (Å²) in [6, 6.07) is 1.07. The summed E-state index contributed by atoms with van der Waals surface area (Å²) in [5.74, 6) is -1.40. The third-order valence-corrected chi connectivity index (χ3v) is 5.44. The van der Waals surface area contributed by atoms with Crippen LogP contribution in [0.3, 0.4) is 0 Å². The number of halogens is 2. The predicted octanol–water partition coefficient (Wildman–Crippen LogP) is 4.01. The van der Waals surface area contributed by atoms with Crippen LogP contribution in [-0.4, -0.2) is 22.0 Å². The van der Waals surface area contributed by atoms with E-state index in [1.165, 1.54) is 6.07 Å². The second-order valence-corrected chi connectivity index (χ2v) is 7.52. The summed E-state index contributed by atoms with van der Waals surface area (Å²) in [7, 11) is 0. The topological polar surface area (TPSA) is 79.3 Å². The largest absolute Gasteiger partial charge is 0.477 e. The lowest BCUT2D eigenvalue weighted by Crippen LogP contribution is -2.26. The number of rotatable bonds is 4. The van der Waals surface area contributed by atoms with Crippen molar-refractivity contribution in [1.82, 2.24) is 10.3 Å². The maximum Gasteiger partial charge on any atom is 0.347 e. The van der Waals surface area contributed by atoms with E-state index in [1.807, 2.05) is 0 Å². The van der Waals surface area contributed by atoms with Gasteiger partial charge in [-0.05, 0) is 19.9 Å². The highest BCUT2D eigenvalue weighted by atomic mass is 35.5. The molecule has 1 amide bonds. The molecule has 1 unspecified atom stereocenters. The quantitative estimate of drug-likeness (QED) is 0.858. The van der Waals surface area contributed by atoms with Crippen molar-refractivity contribution >= 4 is 57.8 Å². The molecule has 1 atom stereocenters.